The molecule has 1 aliphatic heterocycles. The van der Waals surface area contributed by atoms with Gasteiger partial charge in [0, 0.05) is 17.9 Å². The third-order valence-corrected chi connectivity index (χ3v) is 4.84. The number of benzene rings is 1. The van der Waals surface area contributed by atoms with Gasteiger partial charge >= 0.3 is 0 Å². The highest BCUT2D eigenvalue weighted by atomic mass is 16.1. The topological polar surface area (TPSA) is 29.1 Å². The van der Waals surface area contributed by atoms with Crippen molar-refractivity contribution in [1.82, 2.24) is 5.32 Å². The molecule has 0 spiro atoms. The number of carbonyl (C=O) groups is 1. The molecule has 1 saturated heterocycles. The first-order valence-electron chi connectivity index (χ1n) is 7.16. The van der Waals surface area contributed by atoms with Crippen LogP contribution < -0.4 is 5.32 Å². The zero-order valence-corrected chi connectivity index (χ0v) is 11.5. The highest BCUT2D eigenvalue weighted by molar-refractivity contribution is 5.78. The summed E-state index contributed by atoms with van der Waals surface area (Å²) in [4.78, 5) is 11.6. The molecule has 1 heterocycles. The van der Waals surface area contributed by atoms with E-state index in [4.69, 9.17) is 0 Å². The van der Waals surface area contributed by atoms with Crippen molar-refractivity contribution >= 4 is 5.91 Å². The van der Waals surface area contributed by atoms with Crippen LogP contribution in [0.3, 0.4) is 0 Å². The maximum Gasteiger partial charge on any atom is 0.220 e. The summed E-state index contributed by atoms with van der Waals surface area (Å²) < 4.78 is 0. The SMILES string of the molecule is C=CCc1ccc2c(c1)CCC1NC(=O)CC[C@]21C. The van der Waals surface area contributed by atoms with Crippen molar-refractivity contribution in [2.45, 2.75) is 50.5 Å². The number of hydrogen-bond acceptors (Lipinski definition) is 1. The van der Waals surface area contributed by atoms with Crippen molar-refractivity contribution in [2.75, 3.05) is 0 Å². The Bertz CT molecular complexity index is 534. The van der Waals surface area contributed by atoms with E-state index in [-0.39, 0.29) is 11.3 Å². The van der Waals surface area contributed by atoms with Crippen molar-refractivity contribution in [1.29, 1.82) is 0 Å². The van der Waals surface area contributed by atoms with Gasteiger partial charge in [0.15, 0.2) is 0 Å². The predicted octanol–water partition coefficient (Wildman–Crippen LogP) is 2.90. The summed E-state index contributed by atoms with van der Waals surface area (Å²) in [6.07, 6.45) is 6.64. The molecular weight excluding hydrogens is 234 g/mol. The lowest BCUT2D eigenvalue weighted by Gasteiger charge is -2.46. The van der Waals surface area contributed by atoms with E-state index in [9.17, 15) is 4.79 Å². The molecule has 0 bridgehead atoms. The number of carbonyl (C=O) groups excluding carboxylic acids is 1. The third kappa shape index (κ3) is 1.99. The van der Waals surface area contributed by atoms with Crippen LogP contribution in [0.1, 0.15) is 42.9 Å². The van der Waals surface area contributed by atoms with Crippen LogP contribution in [0.15, 0.2) is 30.9 Å². The fourth-order valence-corrected chi connectivity index (χ4v) is 3.69. The lowest BCUT2D eigenvalue weighted by atomic mass is 9.64. The highest BCUT2D eigenvalue weighted by Gasteiger charge is 2.43. The van der Waals surface area contributed by atoms with Crippen LogP contribution in [0.4, 0.5) is 0 Å². The maximum atomic E-state index is 11.6. The third-order valence-electron chi connectivity index (χ3n) is 4.84. The standard InChI is InChI=1S/C17H21NO/c1-3-4-12-5-7-14-13(11-12)6-8-15-17(14,2)10-9-16(19)18-15/h3,5,7,11,15H,1,4,6,8-10H2,2H3,(H,18,19)/t15?,17-/m1/s1. The van der Waals surface area contributed by atoms with E-state index in [1.807, 2.05) is 6.08 Å². The van der Waals surface area contributed by atoms with Crippen LogP contribution in [0.25, 0.3) is 0 Å². The summed E-state index contributed by atoms with van der Waals surface area (Å²) in [6.45, 7) is 6.12. The second-order valence-corrected chi connectivity index (χ2v) is 6.06. The summed E-state index contributed by atoms with van der Waals surface area (Å²) in [7, 11) is 0. The predicted molar refractivity (Wildman–Crippen MR) is 77.2 cm³/mol. The van der Waals surface area contributed by atoms with Crippen molar-refractivity contribution in [2.24, 2.45) is 0 Å². The van der Waals surface area contributed by atoms with E-state index in [0.29, 0.717) is 12.5 Å². The Morgan fingerprint density at radius 3 is 3.11 bits per heavy atom. The van der Waals surface area contributed by atoms with Crippen LogP contribution in [0.5, 0.6) is 0 Å². The van der Waals surface area contributed by atoms with Gasteiger partial charge in [0.2, 0.25) is 5.91 Å². The second-order valence-electron chi connectivity index (χ2n) is 6.06. The van der Waals surface area contributed by atoms with Crippen LogP contribution in [0, 0.1) is 0 Å². The zero-order valence-electron chi connectivity index (χ0n) is 11.5. The van der Waals surface area contributed by atoms with Crippen LogP contribution in [0.2, 0.25) is 0 Å². The molecule has 0 saturated carbocycles. The molecule has 1 aromatic carbocycles. The molecule has 1 unspecified atom stereocenters. The smallest absolute Gasteiger partial charge is 0.220 e. The van der Waals surface area contributed by atoms with E-state index in [1.165, 1.54) is 16.7 Å². The fourth-order valence-electron chi connectivity index (χ4n) is 3.69. The van der Waals surface area contributed by atoms with Crippen molar-refractivity contribution in [3.05, 3.63) is 47.5 Å². The van der Waals surface area contributed by atoms with Crippen molar-refractivity contribution in [3.8, 4) is 0 Å². The number of rotatable bonds is 2. The molecule has 2 nitrogen and oxygen atoms in total. The molecular formula is C17H21NO. The second kappa shape index (κ2) is 4.52. The molecule has 1 fully saturated rings. The van der Waals surface area contributed by atoms with Gasteiger partial charge in [0.1, 0.15) is 0 Å². The Hall–Kier alpha value is -1.57. The van der Waals surface area contributed by atoms with Crippen LogP contribution in [-0.4, -0.2) is 11.9 Å². The molecule has 100 valence electrons. The first-order valence-corrected chi connectivity index (χ1v) is 7.16. The van der Waals surface area contributed by atoms with Crippen molar-refractivity contribution < 1.29 is 4.79 Å². The number of hydrogen-bond donors (Lipinski definition) is 1. The molecule has 0 radical (unpaired) electrons. The number of allylic oxidation sites excluding steroid dienone is 1. The summed E-state index contributed by atoms with van der Waals surface area (Å²) in [5.74, 6) is 0.217. The lowest BCUT2D eigenvalue weighted by molar-refractivity contribution is -0.125. The average molecular weight is 255 g/mol. The summed E-state index contributed by atoms with van der Waals surface area (Å²) in [6, 6.07) is 7.13. The molecule has 3 rings (SSSR count). The van der Waals surface area contributed by atoms with Gasteiger partial charge < -0.3 is 5.32 Å². The summed E-state index contributed by atoms with van der Waals surface area (Å²) in [5.41, 5.74) is 4.37. The summed E-state index contributed by atoms with van der Waals surface area (Å²) in [5, 5.41) is 3.18. The van der Waals surface area contributed by atoms with E-state index in [0.717, 1.165) is 25.7 Å². The van der Waals surface area contributed by atoms with Crippen molar-refractivity contribution in [3.63, 3.8) is 0 Å². The van der Waals surface area contributed by atoms with Gasteiger partial charge in [-0.1, -0.05) is 31.2 Å². The van der Waals surface area contributed by atoms with Gasteiger partial charge in [0.25, 0.3) is 0 Å². The van der Waals surface area contributed by atoms with Gasteiger partial charge in [-0.05, 0) is 42.4 Å². The minimum absolute atomic E-state index is 0.119. The fraction of sp³-hybridized carbons (Fsp3) is 0.471. The van der Waals surface area contributed by atoms with Crippen LogP contribution in [-0.2, 0) is 23.1 Å². The monoisotopic (exact) mass is 255 g/mol. The minimum atomic E-state index is 0.119. The Kier molecular flexibility index (Phi) is 2.96. The first-order chi connectivity index (χ1) is 9.13. The van der Waals surface area contributed by atoms with Crippen LogP contribution >= 0.6 is 0 Å². The highest BCUT2D eigenvalue weighted by Crippen LogP contribution is 2.42. The summed E-state index contributed by atoms with van der Waals surface area (Å²) >= 11 is 0. The number of aryl methyl sites for hydroxylation is 1. The number of fused-ring (bicyclic) bond motifs is 3. The van der Waals surface area contributed by atoms with E-state index < -0.39 is 0 Å². The zero-order chi connectivity index (χ0) is 13.5. The van der Waals surface area contributed by atoms with E-state index in [1.54, 1.807) is 0 Å². The van der Waals surface area contributed by atoms with Gasteiger partial charge in [0.05, 0.1) is 0 Å². The Balaban J connectivity index is 1.99. The van der Waals surface area contributed by atoms with Gasteiger partial charge in [-0.15, -0.1) is 6.58 Å². The molecule has 19 heavy (non-hydrogen) atoms. The number of amides is 1. The van der Waals surface area contributed by atoms with Gasteiger partial charge in [-0.25, -0.2) is 0 Å². The average Bonchev–Trinajstić information content (AvgIpc) is 2.40. The molecule has 1 aromatic rings. The number of piperidine rings is 1. The molecule has 2 aliphatic rings. The van der Waals surface area contributed by atoms with Gasteiger partial charge in [-0.3, -0.25) is 4.79 Å². The Morgan fingerprint density at radius 1 is 1.47 bits per heavy atom. The Morgan fingerprint density at radius 2 is 2.32 bits per heavy atom. The molecule has 2 atom stereocenters. The lowest BCUT2D eigenvalue weighted by Crippen LogP contribution is -2.55. The number of nitrogens with one attached hydrogen (secondary N) is 1. The van der Waals surface area contributed by atoms with Gasteiger partial charge in [-0.2, -0.15) is 0 Å². The molecule has 2 heteroatoms. The molecule has 0 aromatic heterocycles. The molecule has 1 aliphatic carbocycles. The molecule has 1 N–H and O–H groups in total. The van der Waals surface area contributed by atoms with E-state index in [2.05, 4.69) is 37.0 Å². The normalized spacial score (nSPS) is 29.1. The quantitative estimate of drug-likeness (QED) is 0.809. The maximum absolute atomic E-state index is 11.6. The Labute approximate surface area is 114 Å². The van der Waals surface area contributed by atoms with E-state index >= 15 is 0 Å². The minimum Gasteiger partial charge on any atom is -0.352 e. The largest absolute Gasteiger partial charge is 0.352 e. The first kappa shape index (κ1) is 12.5. The molecule has 1 amide bonds.